The number of benzene rings is 1. The van der Waals surface area contributed by atoms with Gasteiger partial charge in [0.25, 0.3) is 0 Å². The summed E-state index contributed by atoms with van der Waals surface area (Å²) in [6, 6.07) is 7.57. The van der Waals surface area contributed by atoms with E-state index in [9.17, 15) is 4.79 Å². The van der Waals surface area contributed by atoms with Gasteiger partial charge < -0.3 is 14.8 Å². The zero-order valence-corrected chi connectivity index (χ0v) is 14.8. The van der Waals surface area contributed by atoms with Gasteiger partial charge in [0.05, 0.1) is 27.0 Å². The maximum Gasteiger partial charge on any atom is 0.228 e. The van der Waals surface area contributed by atoms with Gasteiger partial charge in [-0.05, 0) is 18.9 Å². The van der Waals surface area contributed by atoms with Crippen molar-refractivity contribution in [1.82, 2.24) is 9.78 Å². The summed E-state index contributed by atoms with van der Waals surface area (Å²) >= 11 is 0. The zero-order valence-electron chi connectivity index (χ0n) is 14.8. The second-order valence-electron chi connectivity index (χ2n) is 6.35. The minimum atomic E-state index is 0.0963. The molecule has 1 aromatic carbocycles. The van der Waals surface area contributed by atoms with Crippen LogP contribution in [-0.2, 0) is 11.3 Å². The molecule has 0 saturated heterocycles. The van der Waals surface area contributed by atoms with Crippen LogP contribution >= 0.6 is 0 Å². The SMILES string of the molecule is COc1cccc(Cn2nccc2NC(=O)C2CCCCC2)c1OC. The minimum absolute atomic E-state index is 0.0963. The predicted octanol–water partition coefficient (Wildman–Crippen LogP) is 3.47. The number of methoxy groups -OCH3 is 2. The third kappa shape index (κ3) is 3.95. The quantitative estimate of drug-likeness (QED) is 0.872. The molecule has 6 heteroatoms. The molecule has 3 rings (SSSR count). The molecular weight excluding hydrogens is 318 g/mol. The Hall–Kier alpha value is -2.50. The van der Waals surface area contributed by atoms with Gasteiger partial charge in [-0.3, -0.25) is 4.79 Å². The molecule has 1 N–H and O–H groups in total. The highest BCUT2D eigenvalue weighted by atomic mass is 16.5. The number of rotatable bonds is 6. The first-order valence-electron chi connectivity index (χ1n) is 8.75. The van der Waals surface area contributed by atoms with Crippen molar-refractivity contribution < 1.29 is 14.3 Å². The molecule has 0 radical (unpaired) electrons. The fourth-order valence-corrected chi connectivity index (χ4v) is 3.40. The Morgan fingerprint density at radius 3 is 2.72 bits per heavy atom. The van der Waals surface area contributed by atoms with Gasteiger partial charge in [0.1, 0.15) is 5.82 Å². The van der Waals surface area contributed by atoms with Crippen LogP contribution in [0.2, 0.25) is 0 Å². The van der Waals surface area contributed by atoms with Crippen molar-refractivity contribution >= 4 is 11.7 Å². The fourth-order valence-electron chi connectivity index (χ4n) is 3.40. The smallest absolute Gasteiger partial charge is 0.228 e. The van der Waals surface area contributed by atoms with Gasteiger partial charge in [-0.2, -0.15) is 5.10 Å². The standard InChI is InChI=1S/C19H25N3O3/c1-24-16-10-6-9-15(18(16)25-2)13-22-17(11-12-20-22)21-19(23)14-7-4-3-5-8-14/h6,9-12,14H,3-5,7-8,13H2,1-2H3,(H,21,23). The average molecular weight is 343 g/mol. The van der Waals surface area contributed by atoms with Gasteiger partial charge >= 0.3 is 0 Å². The van der Waals surface area contributed by atoms with Gasteiger partial charge in [-0.1, -0.05) is 31.4 Å². The zero-order chi connectivity index (χ0) is 17.6. The number of aromatic nitrogens is 2. The van der Waals surface area contributed by atoms with Crippen LogP contribution in [0.4, 0.5) is 5.82 Å². The predicted molar refractivity (Wildman–Crippen MR) is 96.1 cm³/mol. The normalized spacial score (nSPS) is 15.0. The lowest BCUT2D eigenvalue weighted by Crippen LogP contribution is -2.26. The molecule has 25 heavy (non-hydrogen) atoms. The van der Waals surface area contributed by atoms with E-state index in [0.717, 1.165) is 31.2 Å². The number of amides is 1. The summed E-state index contributed by atoms with van der Waals surface area (Å²) in [5.41, 5.74) is 0.943. The number of hydrogen-bond donors (Lipinski definition) is 1. The van der Waals surface area contributed by atoms with Crippen LogP contribution in [0.1, 0.15) is 37.7 Å². The first-order valence-corrected chi connectivity index (χ1v) is 8.75. The van der Waals surface area contributed by atoms with Crippen molar-refractivity contribution in [1.29, 1.82) is 0 Å². The molecule has 0 unspecified atom stereocenters. The van der Waals surface area contributed by atoms with Gasteiger partial charge in [0.2, 0.25) is 5.91 Å². The lowest BCUT2D eigenvalue weighted by atomic mass is 9.89. The number of carbonyl (C=O) groups excluding carboxylic acids is 1. The monoisotopic (exact) mass is 343 g/mol. The van der Waals surface area contributed by atoms with Gasteiger partial charge in [0.15, 0.2) is 11.5 Å². The maximum absolute atomic E-state index is 12.5. The van der Waals surface area contributed by atoms with Crippen molar-refractivity contribution in [3.63, 3.8) is 0 Å². The highest BCUT2D eigenvalue weighted by Crippen LogP contribution is 2.31. The Morgan fingerprint density at radius 2 is 2.00 bits per heavy atom. The number of nitrogens with zero attached hydrogens (tertiary/aromatic N) is 2. The van der Waals surface area contributed by atoms with Crippen molar-refractivity contribution in [3.05, 3.63) is 36.0 Å². The summed E-state index contributed by atoms with van der Waals surface area (Å²) in [5, 5.41) is 7.38. The summed E-state index contributed by atoms with van der Waals surface area (Å²) in [6.45, 7) is 0.494. The molecule has 134 valence electrons. The van der Waals surface area contributed by atoms with Crippen LogP contribution in [0.15, 0.2) is 30.5 Å². The molecule has 0 spiro atoms. The van der Waals surface area contributed by atoms with Crippen LogP contribution in [0.5, 0.6) is 11.5 Å². The topological polar surface area (TPSA) is 65.4 Å². The molecule has 0 bridgehead atoms. The highest BCUT2D eigenvalue weighted by Gasteiger charge is 2.22. The van der Waals surface area contributed by atoms with Crippen molar-refractivity contribution in [2.24, 2.45) is 5.92 Å². The number of nitrogens with one attached hydrogen (secondary N) is 1. The molecule has 0 aliphatic heterocycles. The van der Waals surface area contributed by atoms with E-state index in [2.05, 4.69) is 10.4 Å². The Labute approximate surface area is 148 Å². The van der Waals surface area contributed by atoms with E-state index in [1.165, 1.54) is 6.42 Å². The van der Waals surface area contributed by atoms with Crippen LogP contribution in [0.3, 0.4) is 0 Å². The third-order valence-electron chi connectivity index (χ3n) is 4.75. The summed E-state index contributed by atoms with van der Waals surface area (Å²) in [4.78, 5) is 12.5. The summed E-state index contributed by atoms with van der Waals surface area (Å²) in [6.07, 6.45) is 7.16. The largest absolute Gasteiger partial charge is 0.493 e. The van der Waals surface area contributed by atoms with Crippen molar-refractivity contribution in [2.45, 2.75) is 38.6 Å². The molecule has 1 fully saturated rings. The second kappa shape index (κ2) is 8.05. The first-order chi connectivity index (χ1) is 12.2. The van der Waals surface area contributed by atoms with E-state index in [-0.39, 0.29) is 11.8 Å². The second-order valence-corrected chi connectivity index (χ2v) is 6.35. The number of para-hydroxylation sites is 1. The molecule has 1 aliphatic carbocycles. The molecule has 0 atom stereocenters. The Kier molecular flexibility index (Phi) is 5.58. The number of hydrogen-bond acceptors (Lipinski definition) is 4. The van der Waals surface area contributed by atoms with Crippen molar-refractivity contribution in [2.75, 3.05) is 19.5 Å². The lowest BCUT2D eigenvalue weighted by Gasteiger charge is -2.21. The van der Waals surface area contributed by atoms with Crippen LogP contribution in [-0.4, -0.2) is 29.9 Å². The van der Waals surface area contributed by atoms with E-state index in [1.54, 1.807) is 25.1 Å². The van der Waals surface area contributed by atoms with E-state index < -0.39 is 0 Å². The maximum atomic E-state index is 12.5. The highest BCUT2D eigenvalue weighted by molar-refractivity contribution is 5.91. The van der Waals surface area contributed by atoms with E-state index in [1.807, 2.05) is 24.3 Å². The van der Waals surface area contributed by atoms with Crippen LogP contribution in [0, 0.1) is 5.92 Å². The van der Waals surface area contributed by atoms with Gasteiger partial charge in [0, 0.05) is 17.5 Å². The van der Waals surface area contributed by atoms with Crippen LogP contribution < -0.4 is 14.8 Å². The summed E-state index contributed by atoms with van der Waals surface area (Å²) < 4.78 is 12.6. The average Bonchev–Trinajstić information content (AvgIpc) is 3.08. The molecule has 6 nitrogen and oxygen atoms in total. The Morgan fingerprint density at radius 1 is 1.20 bits per heavy atom. The van der Waals surface area contributed by atoms with E-state index >= 15 is 0 Å². The molecule has 1 aliphatic rings. The third-order valence-corrected chi connectivity index (χ3v) is 4.75. The first kappa shape index (κ1) is 17.3. The molecule has 2 aromatic rings. The van der Waals surface area contributed by atoms with Gasteiger partial charge in [-0.25, -0.2) is 4.68 Å². The molecule has 1 heterocycles. The van der Waals surface area contributed by atoms with Gasteiger partial charge in [-0.15, -0.1) is 0 Å². The molecule has 1 aromatic heterocycles. The van der Waals surface area contributed by atoms with Crippen molar-refractivity contribution in [3.8, 4) is 11.5 Å². The van der Waals surface area contributed by atoms with Crippen LogP contribution in [0.25, 0.3) is 0 Å². The Balaban J connectivity index is 1.75. The summed E-state index contributed by atoms with van der Waals surface area (Å²) in [5.74, 6) is 2.29. The minimum Gasteiger partial charge on any atom is -0.493 e. The van der Waals surface area contributed by atoms with E-state index in [4.69, 9.17) is 9.47 Å². The molecule has 1 saturated carbocycles. The molecule has 1 amide bonds. The fraction of sp³-hybridized carbons (Fsp3) is 0.474. The van der Waals surface area contributed by atoms with E-state index in [0.29, 0.717) is 23.9 Å². The Bertz CT molecular complexity index is 720. The number of carbonyl (C=O) groups is 1. The summed E-state index contributed by atoms with van der Waals surface area (Å²) in [7, 11) is 3.24. The molecular formula is C19H25N3O3. The number of ether oxygens (including phenoxy) is 2. The number of anilines is 1. The lowest BCUT2D eigenvalue weighted by molar-refractivity contribution is -0.120.